The lowest BCUT2D eigenvalue weighted by molar-refractivity contribution is 0.415. The van der Waals surface area contributed by atoms with Crippen LogP contribution in [0, 0.1) is 0 Å². The van der Waals surface area contributed by atoms with Crippen LogP contribution in [0.4, 0.5) is 0 Å². The quantitative estimate of drug-likeness (QED) is 0.304. The number of methoxy groups -OCH3 is 1. The zero-order valence-electron chi connectivity index (χ0n) is 16.5. The van der Waals surface area contributed by atoms with Gasteiger partial charge >= 0.3 is 0 Å². The number of hydrogen-bond donors (Lipinski definition) is 1. The summed E-state index contributed by atoms with van der Waals surface area (Å²) in [6, 6.07) is 17.5. The van der Waals surface area contributed by atoms with E-state index < -0.39 is 0 Å². The van der Waals surface area contributed by atoms with E-state index in [0.29, 0.717) is 21.9 Å². The molecule has 1 N–H and O–H groups in total. The molecule has 0 radical (unpaired) electrons. The van der Waals surface area contributed by atoms with Crippen LogP contribution in [0.15, 0.2) is 76.1 Å². The molecule has 154 valence electrons. The molecular weight excluding hydrogens is 430 g/mol. The molecule has 7 nitrogen and oxygen atoms in total. The Kier molecular flexibility index (Phi) is 5.27. The Balaban J connectivity index is 1.39. The Hall–Kier alpha value is -3.43. The number of fused-ring (bicyclic) bond motifs is 1. The molecule has 0 aliphatic carbocycles. The number of nitrogens with zero attached hydrogens (tertiary/aromatic N) is 4. The van der Waals surface area contributed by atoms with Gasteiger partial charge < -0.3 is 9.72 Å². The van der Waals surface area contributed by atoms with Crippen LogP contribution >= 0.6 is 23.1 Å². The third kappa shape index (κ3) is 3.97. The number of ether oxygens (including phenoxy) is 1. The van der Waals surface area contributed by atoms with E-state index in [1.54, 1.807) is 29.3 Å². The van der Waals surface area contributed by atoms with E-state index >= 15 is 0 Å². The van der Waals surface area contributed by atoms with Crippen molar-refractivity contribution in [3.8, 4) is 22.0 Å². The molecule has 0 atom stereocenters. The van der Waals surface area contributed by atoms with Gasteiger partial charge in [0.05, 0.1) is 24.7 Å². The Labute approximate surface area is 185 Å². The molecular formula is C22H17N5O2S2. The van der Waals surface area contributed by atoms with Crippen molar-refractivity contribution in [2.75, 3.05) is 7.11 Å². The van der Waals surface area contributed by atoms with Crippen molar-refractivity contribution >= 4 is 34.1 Å². The van der Waals surface area contributed by atoms with Crippen molar-refractivity contribution in [3.63, 3.8) is 0 Å². The zero-order chi connectivity index (χ0) is 21.2. The minimum absolute atomic E-state index is 0.204. The standard InChI is InChI=1S/C22H17N5O2S2/c1-29-17-9-5-6-14(10-17)21-24-15(12-30-21)13-31-22-25-19-18(20(28)26-22)11-23-27(19)16-7-3-2-4-8-16/h2-12H,13H2,1H3,(H,25,26,28). The smallest absolute Gasteiger partial charge is 0.262 e. The van der Waals surface area contributed by atoms with Gasteiger partial charge in [-0.25, -0.2) is 14.6 Å². The summed E-state index contributed by atoms with van der Waals surface area (Å²) >= 11 is 3.02. The molecule has 0 saturated carbocycles. The summed E-state index contributed by atoms with van der Waals surface area (Å²) in [6.45, 7) is 0. The zero-order valence-corrected chi connectivity index (χ0v) is 18.1. The molecule has 5 rings (SSSR count). The summed E-state index contributed by atoms with van der Waals surface area (Å²) < 4.78 is 6.97. The van der Waals surface area contributed by atoms with Gasteiger partial charge in [-0.05, 0) is 24.3 Å². The lowest BCUT2D eigenvalue weighted by Crippen LogP contribution is -2.09. The van der Waals surface area contributed by atoms with Gasteiger partial charge in [0, 0.05) is 16.7 Å². The molecule has 2 aromatic carbocycles. The lowest BCUT2D eigenvalue weighted by Gasteiger charge is -2.04. The average Bonchev–Trinajstić information content (AvgIpc) is 3.46. The van der Waals surface area contributed by atoms with E-state index in [9.17, 15) is 4.79 Å². The van der Waals surface area contributed by atoms with Gasteiger partial charge in [0.15, 0.2) is 10.8 Å². The number of rotatable bonds is 6. The molecule has 9 heteroatoms. The van der Waals surface area contributed by atoms with Crippen molar-refractivity contribution in [2.24, 2.45) is 0 Å². The van der Waals surface area contributed by atoms with Crippen LogP contribution in [0.2, 0.25) is 0 Å². The number of thiazole rings is 1. The minimum atomic E-state index is -0.204. The van der Waals surface area contributed by atoms with Gasteiger partial charge in [-0.3, -0.25) is 4.79 Å². The van der Waals surface area contributed by atoms with Crippen molar-refractivity contribution in [1.82, 2.24) is 24.7 Å². The highest BCUT2D eigenvalue weighted by Gasteiger charge is 2.13. The third-order valence-electron chi connectivity index (χ3n) is 4.64. The largest absolute Gasteiger partial charge is 0.497 e. The van der Waals surface area contributed by atoms with Crippen LogP contribution < -0.4 is 10.3 Å². The number of H-pyrrole nitrogens is 1. The summed E-state index contributed by atoms with van der Waals surface area (Å²) in [5.41, 5.74) is 3.12. The van der Waals surface area contributed by atoms with Crippen LogP contribution in [-0.4, -0.2) is 31.8 Å². The molecule has 0 aliphatic rings. The van der Waals surface area contributed by atoms with Crippen molar-refractivity contribution in [2.45, 2.75) is 10.9 Å². The van der Waals surface area contributed by atoms with E-state index in [2.05, 4.69) is 15.1 Å². The first-order chi connectivity index (χ1) is 15.2. The molecule has 3 heterocycles. The second-order valence-electron chi connectivity index (χ2n) is 6.66. The highest BCUT2D eigenvalue weighted by molar-refractivity contribution is 7.98. The second-order valence-corrected chi connectivity index (χ2v) is 8.49. The van der Waals surface area contributed by atoms with Gasteiger partial charge in [-0.2, -0.15) is 5.10 Å². The van der Waals surface area contributed by atoms with Crippen LogP contribution in [0.25, 0.3) is 27.3 Å². The monoisotopic (exact) mass is 447 g/mol. The second kappa shape index (κ2) is 8.37. The average molecular weight is 448 g/mol. The number of nitrogens with one attached hydrogen (secondary N) is 1. The summed E-state index contributed by atoms with van der Waals surface area (Å²) in [4.78, 5) is 24.7. The summed E-state index contributed by atoms with van der Waals surface area (Å²) in [5, 5.41) is 8.28. The molecule has 0 bridgehead atoms. The Morgan fingerprint density at radius 3 is 2.84 bits per heavy atom. The third-order valence-corrected chi connectivity index (χ3v) is 6.49. The van der Waals surface area contributed by atoms with Crippen molar-refractivity contribution in [3.05, 3.63) is 82.2 Å². The Morgan fingerprint density at radius 2 is 2.00 bits per heavy atom. The fourth-order valence-electron chi connectivity index (χ4n) is 3.13. The molecule has 0 fully saturated rings. The molecule has 3 aromatic heterocycles. The number of thioether (sulfide) groups is 1. The minimum Gasteiger partial charge on any atom is -0.497 e. The van der Waals surface area contributed by atoms with Gasteiger partial charge in [0.25, 0.3) is 5.56 Å². The molecule has 0 spiro atoms. The number of hydrogen-bond acceptors (Lipinski definition) is 7. The van der Waals surface area contributed by atoms with Crippen LogP contribution in [-0.2, 0) is 5.75 Å². The van der Waals surface area contributed by atoms with Gasteiger partial charge in [0.1, 0.15) is 16.1 Å². The highest BCUT2D eigenvalue weighted by atomic mass is 32.2. The van der Waals surface area contributed by atoms with Crippen molar-refractivity contribution in [1.29, 1.82) is 0 Å². The number of benzene rings is 2. The number of para-hydroxylation sites is 1. The Morgan fingerprint density at radius 1 is 1.13 bits per heavy atom. The van der Waals surface area contributed by atoms with Crippen LogP contribution in [0.3, 0.4) is 0 Å². The van der Waals surface area contributed by atoms with Crippen molar-refractivity contribution < 1.29 is 4.74 Å². The van der Waals surface area contributed by atoms with E-state index in [0.717, 1.165) is 27.7 Å². The first-order valence-electron chi connectivity index (χ1n) is 9.46. The number of aromatic nitrogens is 5. The fraction of sp³-hybridized carbons (Fsp3) is 0.0909. The summed E-state index contributed by atoms with van der Waals surface area (Å²) in [5.74, 6) is 1.39. The maximum absolute atomic E-state index is 12.5. The van der Waals surface area contributed by atoms with Crippen LogP contribution in [0.1, 0.15) is 5.69 Å². The maximum atomic E-state index is 12.5. The molecule has 0 amide bonds. The van der Waals surface area contributed by atoms with E-state index in [1.165, 1.54) is 11.8 Å². The molecule has 31 heavy (non-hydrogen) atoms. The summed E-state index contributed by atoms with van der Waals surface area (Å²) in [6.07, 6.45) is 1.55. The van der Waals surface area contributed by atoms with Gasteiger partial charge in [-0.15, -0.1) is 11.3 Å². The SMILES string of the molecule is COc1cccc(-c2nc(CSc3nc4c(cnn4-c4ccccc4)c(=O)[nH]3)cs2)c1. The van der Waals surface area contributed by atoms with Gasteiger partial charge in [0.2, 0.25) is 0 Å². The summed E-state index contributed by atoms with van der Waals surface area (Å²) in [7, 11) is 1.65. The molecule has 0 saturated heterocycles. The van der Waals surface area contributed by atoms with E-state index in [4.69, 9.17) is 9.72 Å². The first kappa shape index (κ1) is 19.5. The first-order valence-corrected chi connectivity index (χ1v) is 11.3. The van der Waals surface area contributed by atoms with Gasteiger partial charge in [-0.1, -0.05) is 42.1 Å². The topological polar surface area (TPSA) is 85.7 Å². The predicted molar refractivity (Wildman–Crippen MR) is 123 cm³/mol. The predicted octanol–water partition coefficient (Wildman–Crippen LogP) is 4.53. The maximum Gasteiger partial charge on any atom is 0.262 e. The Bertz CT molecular complexity index is 1410. The molecule has 0 aliphatic heterocycles. The fourth-order valence-corrected chi connectivity index (χ4v) is 4.80. The van der Waals surface area contributed by atoms with E-state index in [-0.39, 0.29) is 5.56 Å². The lowest BCUT2D eigenvalue weighted by atomic mass is 10.2. The molecule has 0 unspecified atom stereocenters. The number of aromatic amines is 1. The normalized spacial score (nSPS) is 11.1. The molecule has 5 aromatic rings. The van der Waals surface area contributed by atoms with E-state index in [1.807, 2.05) is 60.0 Å². The van der Waals surface area contributed by atoms with Crippen LogP contribution in [0.5, 0.6) is 5.75 Å². The highest BCUT2D eigenvalue weighted by Crippen LogP contribution is 2.29.